The van der Waals surface area contributed by atoms with E-state index in [4.69, 9.17) is 11.6 Å². The molecule has 18 heavy (non-hydrogen) atoms. The van der Waals surface area contributed by atoms with Crippen LogP contribution in [-0.4, -0.2) is 5.11 Å². The summed E-state index contributed by atoms with van der Waals surface area (Å²) in [5.74, 6) is 0.110. The molecule has 0 aromatic heterocycles. The van der Waals surface area contributed by atoms with Crippen LogP contribution in [0.2, 0.25) is 5.02 Å². The van der Waals surface area contributed by atoms with Gasteiger partial charge in [-0.1, -0.05) is 33.6 Å². The normalized spacial score (nSPS) is 10.4. The Labute approximate surface area is 120 Å². The van der Waals surface area contributed by atoms with Crippen molar-refractivity contribution in [2.75, 3.05) is 5.32 Å². The van der Waals surface area contributed by atoms with E-state index in [1.807, 2.05) is 19.1 Å². The minimum Gasteiger partial charge on any atom is -0.506 e. The van der Waals surface area contributed by atoms with Crippen molar-refractivity contribution in [1.82, 2.24) is 0 Å². The lowest BCUT2D eigenvalue weighted by atomic mass is 10.2. The molecule has 2 aromatic carbocycles. The van der Waals surface area contributed by atoms with Gasteiger partial charge in [-0.3, -0.25) is 0 Å². The van der Waals surface area contributed by atoms with Crippen LogP contribution in [0.5, 0.6) is 5.75 Å². The van der Waals surface area contributed by atoms with E-state index in [0.29, 0.717) is 11.6 Å². The number of phenolic OH excluding ortho intramolecular Hbond substituents is 1. The molecule has 0 fully saturated rings. The van der Waals surface area contributed by atoms with Gasteiger partial charge in [0.15, 0.2) is 0 Å². The molecular weight excluding hydrogens is 314 g/mol. The molecule has 0 amide bonds. The number of anilines is 1. The summed E-state index contributed by atoms with van der Waals surface area (Å²) in [5, 5.41) is 13.0. The predicted octanol–water partition coefficient (Wildman–Crippen LogP) is 4.73. The molecule has 0 saturated heterocycles. The van der Waals surface area contributed by atoms with Gasteiger partial charge in [-0.15, -0.1) is 0 Å². The molecule has 0 unspecified atom stereocenters. The van der Waals surface area contributed by atoms with Crippen LogP contribution in [-0.2, 0) is 6.54 Å². The Morgan fingerprint density at radius 1 is 1.22 bits per heavy atom. The maximum Gasteiger partial charge on any atom is 0.134 e. The maximum absolute atomic E-state index is 9.34. The molecule has 0 heterocycles. The van der Waals surface area contributed by atoms with Crippen LogP contribution in [0.25, 0.3) is 0 Å². The SMILES string of the molecule is Cc1cc(Br)cc(NCc2ccc(O)c(Cl)c2)c1. The fourth-order valence-electron chi connectivity index (χ4n) is 1.70. The van der Waals surface area contributed by atoms with Crippen molar-refractivity contribution in [3.8, 4) is 5.75 Å². The third-order valence-electron chi connectivity index (χ3n) is 2.55. The molecule has 0 saturated carbocycles. The molecule has 4 heteroatoms. The summed E-state index contributed by atoms with van der Waals surface area (Å²) in [4.78, 5) is 0. The Balaban J connectivity index is 2.08. The van der Waals surface area contributed by atoms with E-state index in [1.54, 1.807) is 12.1 Å². The first-order valence-electron chi connectivity index (χ1n) is 5.53. The first kappa shape index (κ1) is 13.2. The van der Waals surface area contributed by atoms with E-state index < -0.39 is 0 Å². The van der Waals surface area contributed by atoms with Gasteiger partial charge in [0.25, 0.3) is 0 Å². The van der Waals surface area contributed by atoms with E-state index >= 15 is 0 Å². The minimum atomic E-state index is 0.110. The number of benzene rings is 2. The van der Waals surface area contributed by atoms with E-state index in [2.05, 4.69) is 33.4 Å². The van der Waals surface area contributed by atoms with Crippen LogP contribution in [0.4, 0.5) is 5.69 Å². The highest BCUT2D eigenvalue weighted by molar-refractivity contribution is 9.10. The lowest BCUT2D eigenvalue weighted by Gasteiger charge is -2.09. The summed E-state index contributed by atoms with van der Waals surface area (Å²) in [7, 11) is 0. The third kappa shape index (κ3) is 3.40. The van der Waals surface area contributed by atoms with Gasteiger partial charge in [-0.2, -0.15) is 0 Å². The van der Waals surface area contributed by atoms with Gasteiger partial charge in [0, 0.05) is 16.7 Å². The second-order valence-electron chi connectivity index (χ2n) is 4.16. The van der Waals surface area contributed by atoms with E-state index in [9.17, 15) is 5.11 Å². The third-order valence-corrected chi connectivity index (χ3v) is 3.31. The number of hydrogen-bond donors (Lipinski definition) is 2. The Kier molecular flexibility index (Phi) is 4.15. The van der Waals surface area contributed by atoms with Crippen LogP contribution in [0, 0.1) is 6.92 Å². The maximum atomic E-state index is 9.34. The lowest BCUT2D eigenvalue weighted by Crippen LogP contribution is -1.99. The number of halogens is 2. The standard InChI is InChI=1S/C14H13BrClNO/c1-9-4-11(15)7-12(5-9)17-8-10-2-3-14(18)13(16)6-10/h2-7,17-18H,8H2,1H3. The number of nitrogens with one attached hydrogen (secondary N) is 1. The summed E-state index contributed by atoms with van der Waals surface area (Å²) in [5.41, 5.74) is 3.26. The average Bonchev–Trinajstić information content (AvgIpc) is 2.29. The van der Waals surface area contributed by atoms with Crippen molar-refractivity contribution in [2.24, 2.45) is 0 Å². The Hall–Kier alpha value is -1.19. The van der Waals surface area contributed by atoms with Gasteiger partial charge < -0.3 is 10.4 Å². The number of aryl methyl sites for hydroxylation is 1. The molecule has 0 aliphatic heterocycles. The van der Waals surface area contributed by atoms with Crippen molar-refractivity contribution in [2.45, 2.75) is 13.5 Å². The molecule has 0 aliphatic carbocycles. The summed E-state index contributed by atoms with van der Waals surface area (Å²) in [6, 6.07) is 11.4. The number of aromatic hydroxyl groups is 1. The first-order chi connectivity index (χ1) is 8.54. The average molecular weight is 327 g/mol. The first-order valence-corrected chi connectivity index (χ1v) is 6.70. The quantitative estimate of drug-likeness (QED) is 0.854. The summed E-state index contributed by atoms with van der Waals surface area (Å²) >= 11 is 9.33. The predicted molar refractivity (Wildman–Crippen MR) is 79.3 cm³/mol. The minimum absolute atomic E-state index is 0.110. The summed E-state index contributed by atoms with van der Waals surface area (Å²) < 4.78 is 1.05. The molecular formula is C14H13BrClNO. The zero-order valence-corrected chi connectivity index (χ0v) is 12.2. The van der Waals surface area contributed by atoms with Crippen LogP contribution < -0.4 is 5.32 Å². The fourth-order valence-corrected chi connectivity index (χ4v) is 2.51. The highest BCUT2D eigenvalue weighted by atomic mass is 79.9. The molecule has 2 nitrogen and oxygen atoms in total. The van der Waals surface area contributed by atoms with Crippen LogP contribution in [0.3, 0.4) is 0 Å². The Morgan fingerprint density at radius 3 is 2.67 bits per heavy atom. The Bertz CT molecular complexity index is 551. The fraction of sp³-hybridized carbons (Fsp3) is 0.143. The van der Waals surface area contributed by atoms with Crippen LogP contribution in [0.15, 0.2) is 40.9 Å². The second-order valence-corrected chi connectivity index (χ2v) is 5.48. The molecule has 2 rings (SSSR count). The summed E-state index contributed by atoms with van der Waals surface area (Å²) in [6.07, 6.45) is 0. The van der Waals surface area contributed by atoms with Gasteiger partial charge in [-0.05, 0) is 48.4 Å². The number of phenols is 1. The molecule has 0 spiro atoms. The second kappa shape index (κ2) is 5.63. The van der Waals surface area contributed by atoms with Crippen LogP contribution >= 0.6 is 27.5 Å². The lowest BCUT2D eigenvalue weighted by molar-refractivity contribution is 0.475. The van der Waals surface area contributed by atoms with Crippen molar-refractivity contribution >= 4 is 33.2 Å². The topological polar surface area (TPSA) is 32.3 Å². The van der Waals surface area contributed by atoms with Gasteiger partial charge in [0.05, 0.1) is 5.02 Å². The van der Waals surface area contributed by atoms with Gasteiger partial charge in [-0.25, -0.2) is 0 Å². The van der Waals surface area contributed by atoms with E-state index in [1.165, 1.54) is 5.56 Å². The number of rotatable bonds is 3. The zero-order valence-electron chi connectivity index (χ0n) is 9.87. The highest BCUT2D eigenvalue weighted by Gasteiger charge is 2.01. The molecule has 0 radical (unpaired) electrons. The molecule has 0 atom stereocenters. The smallest absolute Gasteiger partial charge is 0.134 e. The molecule has 0 aliphatic rings. The summed E-state index contributed by atoms with van der Waals surface area (Å²) in [6.45, 7) is 2.71. The van der Waals surface area contributed by atoms with Gasteiger partial charge >= 0.3 is 0 Å². The highest BCUT2D eigenvalue weighted by Crippen LogP contribution is 2.24. The molecule has 2 N–H and O–H groups in total. The van der Waals surface area contributed by atoms with E-state index in [-0.39, 0.29) is 5.75 Å². The van der Waals surface area contributed by atoms with Crippen LogP contribution in [0.1, 0.15) is 11.1 Å². The van der Waals surface area contributed by atoms with Gasteiger partial charge in [0.2, 0.25) is 0 Å². The largest absolute Gasteiger partial charge is 0.506 e. The molecule has 0 bridgehead atoms. The van der Waals surface area contributed by atoms with Crippen molar-refractivity contribution in [3.05, 3.63) is 57.0 Å². The number of hydrogen-bond acceptors (Lipinski definition) is 2. The molecule has 94 valence electrons. The van der Waals surface area contributed by atoms with Crippen molar-refractivity contribution < 1.29 is 5.11 Å². The Morgan fingerprint density at radius 2 is 2.00 bits per heavy atom. The van der Waals surface area contributed by atoms with E-state index in [0.717, 1.165) is 15.7 Å². The van der Waals surface area contributed by atoms with Crippen molar-refractivity contribution in [1.29, 1.82) is 0 Å². The molecule has 2 aromatic rings. The monoisotopic (exact) mass is 325 g/mol. The van der Waals surface area contributed by atoms with Gasteiger partial charge in [0.1, 0.15) is 5.75 Å². The van der Waals surface area contributed by atoms with Crippen molar-refractivity contribution in [3.63, 3.8) is 0 Å². The zero-order chi connectivity index (χ0) is 13.1.